The van der Waals surface area contributed by atoms with Crippen LogP contribution in [0.1, 0.15) is 24.2 Å². The Bertz CT molecular complexity index is 537. The van der Waals surface area contributed by atoms with E-state index in [4.69, 9.17) is 10.5 Å². The van der Waals surface area contributed by atoms with Crippen molar-refractivity contribution in [3.63, 3.8) is 0 Å². The molecular formula is C13H17N3O2. The molecule has 18 heavy (non-hydrogen) atoms. The number of aryl methyl sites for hydroxylation is 1. The van der Waals surface area contributed by atoms with Crippen LogP contribution in [0.3, 0.4) is 0 Å². The van der Waals surface area contributed by atoms with Gasteiger partial charge < -0.3 is 15.6 Å². The first kappa shape index (κ1) is 12.4. The number of nitrogen functional groups attached to an aromatic ring is 1. The third kappa shape index (κ3) is 2.31. The van der Waals surface area contributed by atoms with Crippen LogP contribution in [0.25, 0.3) is 0 Å². The van der Waals surface area contributed by atoms with Gasteiger partial charge in [0.05, 0.1) is 12.8 Å². The molecule has 0 aliphatic carbocycles. The molecule has 0 saturated carbocycles. The highest BCUT2D eigenvalue weighted by Crippen LogP contribution is 2.28. The van der Waals surface area contributed by atoms with Crippen molar-refractivity contribution >= 4 is 5.82 Å². The molecule has 0 fully saturated rings. The van der Waals surface area contributed by atoms with Crippen LogP contribution in [-0.4, -0.2) is 21.5 Å². The minimum absolute atomic E-state index is 0.462. The second-order valence-corrected chi connectivity index (χ2v) is 4.02. The fourth-order valence-electron chi connectivity index (χ4n) is 1.80. The van der Waals surface area contributed by atoms with Gasteiger partial charge in [-0.05, 0) is 24.6 Å². The number of nitrogens with zero attached hydrogens (tertiary/aromatic N) is 2. The van der Waals surface area contributed by atoms with Crippen LogP contribution in [0.2, 0.25) is 0 Å². The molecule has 1 aromatic carbocycles. The van der Waals surface area contributed by atoms with Gasteiger partial charge in [-0.25, -0.2) is 0 Å². The molecule has 2 aromatic rings. The minimum Gasteiger partial charge on any atom is -0.494 e. The van der Waals surface area contributed by atoms with E-state index in [1.165, 1.54) is 4.68 Å². The number of rotatable bonds is 4. The second kappa shape index (κ2) is 5.10. The predicted octanol–water partition coefficient (Wildman–Crippen LogP) is 1.48. The zero-order valence-corrected chi connectivity index (χ0v) is 10.5. The van der Waals surface area contributed by atoms with Gasteiger partial charge in [0.25, 0.3) is 0 Å². The molecule has 0 saturated heterocycles. The Hall–Kier alpha value is -2.01. The number of benzene rings is 1. The summed E-state index contributed by atoms with van der Waals surface area (Å²) in [5.41, 5.74) is 7.19. The Morgan fingerprint density at radius 1 is 1.50 bits per heavy atom. The van der Waals surface area contributed by atoms with Gasteiger partial charge in [0.2, 0.25) is 0 Å². The van der Waals surface area contributed by atoms with E-state index < -0.39 is 6.10 Å². The molecule has 5 nitrogen and oxygen atoms in total. The molecule has 1 atom stereocenters. The number of aliphatic hydroxyl groups is 1. The molecule has 2 rings (SSSR count). The Kier molecular flexibility index (Phi) is 3.53. The van der Waals surface area contributed by atoms with Crippen LogP contribution in [0, 0.1) is 0 Å². The molecule has 0 aliphatic heterocycles. The van der Waals surface area contributed by atoms with Crippen LogP contribution >= 0.6 is 0 Å². The Balaban J connectivity index is 2.30. The normalized spacial score (nSPS) is 12.4. The number of nitrogens with two attached hydrogens (primary N) is 1. The molecular weight excluding hydrogens is 230 g/mol. The van der Waals surface area contributed by atoms with Crippen molar-refractivity contribution in [3.05, 3.63) is 41.6 Å². The number of anilines is 1. The predicted molar refractivity (Wildman–Crippen MR) is 69.3 cm³/mol. The first-order valence-corrected chi connectivity index (χ1v) is 5.81. The molecule has 1 unspecified atom stereocenters. The number of aromatic nitrogens is 2. The van der Waals surface area contributed by atoms with Crippen molar-refractivity contribution in [1.29, 1.82) is 0 Å². The maximum absolute atomic E-state index is 10.3. The quantitative estimate of drug-likeness (QED) is 0.858. The molecule has 1 aromatic heterocycles. The summed E-state index contributed by atoms with van der Waals surface area (Å²) >= 11 is 0. The van der Waals surface area contributed by atoms with E-state index in [1.807, 2.05) is 25.1 Å². The van der Waals surface area contributed by atoms with Gasteiger partial charge in [0.1, 0.15) is 17.7 Å². The Labute approximate surface area is 106 Å². The van der Waals surface area contributed by atoms with Gasteiger partial charge in [0, 0.05) is 12.6 Å². The second-order valence-electron chi connectivity index (χ2n) is 4.02. The lowest BCUT2D eigenvalue weighted by Crippen LogP contribution is -2.05. The van der Waals surface area contributed by atoms with Crippen LogP contribution in [0.15, 0.2) is 30.5 Å². The van der Waals surface area contributed by atoms with Crippen molar-refractivity contribution in [1.82, 2.24) is 9.78 Å². The van der Waals surface area contributed by atoms with E-state index in [0.717, 1.165) is 11.3 Å². The lowest BCUT2D eigenvalue weighted by Gasteiger charge is -2.12. The number of hydrogen-bond donors (Lipinski definition) is 2. The summed E-state index contributed by atoms with van der Waals surface area (Å²) in [6.45, 7) is 2.51. The number of aliphatic hydroxyl groups excluding tert-OH is 1. The number of ether oxygens (including phenoxy) is 1. The Morgan fingerprint density at radius 3 is 2.89 bits per heavy atom. The van der Waals surface area contributed by atoms with E-state index in [9.17, 15) is 5.11 Å². The van der Waals surface area contributed by atoms with Crippen molar-refractivity contribution in [3.8, 4) is 5.75 Å². The summed E-state index contributed by atoms with van der Waals surface area (Å²) in [7, 11) is 1.74. The van der Waals surface area contributed by atoms with E-state index in [0.29, 0.717) is 18.0 Å². The van der Waals surface area contributed by atoms with Gasteiger partial charge in [-0.15, -0.1) is 0 Å². The summed E-state index contributed by atoms with van der Waals surface area (Å²) < 4.78 is 6.94. The van der Waals surface area contributed by atoms with Gasteiger partial charge in [-0.2, -0.15) is 5.10 Å². The van der Waals surface area contributed by atoms with E-state index in [2.05, 4.69) is 5.10 Å². The van der Waals surface area contributed by atoms with Gasteiger partial charge in [-0.3, -0.25) is 4.68 Å². The van der Waals surface area contributed by atoms with Gasteiger partial charge in [0.15, 0.2) is 0 Å². The number of hydrogen-bond acceptors (Lipinski definition) is 4. The molecule has 1 heterocycles. The van der Waals surface area contributed by atoms with Crippen molar-refractivity contribution in [2.24, 2.45) is 7.05 Å². The van der Waals surface area contributed by atoms with Gasteiger partial charge >= 0.3 is 0 Å². The largest absolute Gasteiger partial charge is 0.494 e. The van der Waals surface area contributed by atoms with Crippen LogP contribution in [0.4, 0.5) is 5.82 Å². The molecule has 0 radical (unpaired) electrons. The van der Waals surface area contributed by atoms with Crippen LogP contribution in [-0.2, 0) is 7.05 Å². The SMILES string of the molecule is CCOc1cccc(C(O)c2cnn(C)c2N)c1. The summed E-state index contributed by atoms with van der Waals surface area (Å²) in [5, 5.41) is 14.3. The standard InChI is InChI=1S/C13H17N3O2/c1-3-18-10-6-4-5-9(7-10)12(17)11-8-15-16(2)13(11)14/h4-8,12,17H,3,14H2,1-2H3. The fraction of sp³-hybridized carbons (Fsp3) is 0.308. The first-order valence-electron chi connectivity index (χ1n) is 5.81. The van der Waals surface area contributed by atoms with Crippen molar-refractivity contribution in [2.75, 3.05) is 12.3 Å². The lowest BCUT2D eigenvalue weighted by molar-refractivity contribution is 0.220. The van der Waals surface area contributed by atoms with Crippen molar-refractivity contribution < 1.29 is 9.84 Å². The third-order valence-corrected chi connectivity index (χ3v) is 2.79. The first-order chi connectivity index (χ1) is 8.63. The van der Waals surface area contributed by atoms with Crippen molar-refractivity contribution in [2.45, 2.75) is 13.0 Å². The fourth-order valence-corrected chi connectivity index (χ4v) is 1.80. The zero-order valence-electron chi connectivity index (χ0n) is 10.5. The molecule has 0 aliphatic rings. The van der Waals surface area contributed by atoms with Gasteiger partial charge in [-0.1, -0.05) is 12.1 Å². The highest BCUT2D eigenvalue weighted by molar-refractivity contribution is 5.45. The lowest BCUT2D eigenvalue weighted by atomic mass is 10.0. The third-order valence-electron chi connectivity index (χ3n) is 2.79. The molecule has 0 spiro atoms. The smallest absolute Gasteiger partial charge is 0.127 e. The molecule has 0 bridgehead atoms. The zero-order chi connectivity index (χ0) is 13.1. The van der Waals surface area contributed by atoms with E-state index in [1.54, 1.807) is 19.3 Å². The monoisotopic (exact) mass is 247 g/mol. The average Bonchev–Trinajstić information content (AvgIpc) is 2.70. The molecule has 0 amide bonds. The maximum Gasteiger partial charge on any atom is 0.127 e. The summed E-state index contributed by atoms with van der Waals surface area (Å²) in [6, 6.07) is 7.34. The topological polar surface area (TPSA) is 73.3 Å². The average molecular weight is 247 g/mol. The summed E-state index contributed by atoms with van der Waals surface area (Å²) in [5.74, 6) is 1.20. The highest BCUT2D eigenvalue weighted by Gasteiger charge is 2.17. The van der Waals surface area contributed by atoms with Crippen LogP contribution < -0.4 is 10.5 Å². The van der Waals surface area contributed by atoms with Crippen LogP contribution in [0.5, 0.6) is 5.75 Å². The minimum atomic E-state index is -0.792. The maximum atomic E-state index is 10.3. The molecule has 3 N–H and O–H groups in total. The summed E-state index contributed by atoms with van der Waals surface area (Å²) in [6.07, 6.45) is 0.784. The molecule has 96 valence electrons. The summed E-state index contributed by atoms with van der Waals surface area (Å²) in [4.78, 5) is 0. The molecule has 5 heteroatoms. The van der Waals surface area contributed by atoms with E-state index >= 15 is 0 Å². The Morgan fingerprint density at radius 2 is 2.28 bits per heavy atom. The highest BCUT2D eigenvalue weighted by atomic mass is 16.5. The van der Waals surface area contributed by atoms with E-state index in [-0.39, 0.29) is 0 Å².